The van der Waals surface area contributed by atoms with Crippen LogP contribution >= 0.6 is 11.6 Å². The number of carbonyl (C=O) groups is 2. The van der Waals surface area contributed by atoms with Crippen LogP contribution < -0.4 is 10.6 Å². The van der Waals surface area contributed by atoms with Gasteiger partial charge in [0.1, 0.15) is 11.9 Å². The summed E-state index contributed by atoms with van der Waals surface area (Å²) >= 11 is 6.27. The Morgan fingerprint density at radius 2 is 1.91 bits per heavy atom. The number of benzene rings is 2. The molecular weight excluding hydrogens is 439 g/mol. The predicted octanol–water partition coefficient (Wildman–Crippen LogP) is 3.46. The van der Waals surface area contributed by atoms with E-state index in [0.717, 1.165) is 32.0 Å². The molecule has 2 aromatic rings. The molecule has 2 atom stereocenters. The van der Waals surface area contributed by atoms with E-state index in [9.17, 15) is 24.1 Å². The summed E-state index contributed by atoms with van der Waals surface area (Å²) in [5, 5.41) is 16.5. The summed E-state index contributed by atoms with van der Waals surface area (Å²) in [4.78, 5) is 37.4. The monoisotopic (exact) mass is 462 g/mol. The first-order valence-electron chi connectivity index (χ1n) is 10.3. The molecule has 2 aromatic carbocycles. The Hall–Kier alpha value is -3.04. The van der Waals surface area contributed by atoms with Gasteiger partial charge >= 0.3 is 0 Å². The molecule has 170 valence electrons. The van der Waals surface area contributed by atoms with Crippen LogP contribution in [-0.4, -0.2) is 47.3 Å². The molecule has 8 nitrogen and oxygen atoms in total. The number of hydrogen-bond acceptors (Lipinski definition) is 5. The molecule has 1 saturated heterocycles. The van der Waals surface area contributed by atoms with Crippen molar-refractivity contribution in [3.63, 3.8) is 0 Å². The number of carbonyl (C=O) groups excluding carboxylic acids is 2. The van der Waals surface area contributed by atoms with E-state index in [-0.39, 0.29) is 17.8 Å². The minimum Gasteiger partial charge on any atom is -0.352 e. The van der Waals surface area contributed by atoms with Gasteiger partial charge in [-0.25, -0.2) is 4.39 Å². The van der Waals surface area contributed by atoms with Gasteiger partial charge < -0.3 is 10.6 Å². The molecule has 1 aliphatic heterocycles. The lowest BCUT2D eigenvalue weighted by Crippen LogP contribution is -2.47. The van der Waals surface area contributed by atoms with Crippen molar-refractivity contribution in [2.45, 2.75) is 31.8 Å². The minimum atomic E-state index is -0.905. The molecule has 0 saturated carbocycles. The van der Waals surface area contributed by atoms with E-state index in [2.05, 4.69) is 15.5 Å². The number of rotatable bonds is 8. The Morgan fingerprint density at radius 3 is 2.56 bits per heavy atom. The van der Waals surface area contributed by atoms with Crippen LogP contribution in [0.4, 0.5) is 10.1 Å². The Kier molecular flexibility index (Phi) is 7.76. The number of likely N-dealkylation sites (tertiary alicyclic amines) is 1. The normalized spacial score (nSPS) is 15.7. The molecule has 0 radical (unpaired) electrons. The van der Waals surface area contributed by atoms with Crippen LogP contribution in [0, 0.1) is 15.9 Å². The summed E-state index contributed by atoms with van der Waals surface area (Å²) in [6, 6.07) is 8.40. The van der Waals surface area contributed by atoms with Crippen molar-refractivity contribution in [2.75, 3.05) is 19.6 Å². The van der Waals surface area contributed by atoms with E-state index in [4.69, 9.17) is 11.6 Å². The van der Waals surface area contributed by atoms with Crippen LogP contribution in [0.15, 0.2) is 42.5 Å². The molecule has 2 unspecified atom stereocenters. The highest BCUT2D eigenvalue weighted by Crippen LogP contribution is 2.32. The van der Waals surface area contributed by atoms with E-state index in [0.29, 0.717) is 10.6 Å². The molecule has 1 heterocycles. The van der Waals surface area contributed by atoms with Crippen LogP contribution in [0.5, 0.6) is 0 Å². The summed E-state index contributed by atoms with van der Waals surface area (Å²) in [7, 11) is 0. The van der Waals surface area contributed by atoms with Crippen LogP contribution in [0.1, 0.15) is 41.7 Å². The van der Waals surface area contributed by atoms with Gasteiger partial charge in [0, 0.05) is 34.8 Å². The maximum atomic E-state index is 14.6. The lowest BCUT2D eigenvalue weighted by atomic mass is 10.0. The third-order valence-corrected chi connectivity index (χ3v) is 5.77. The zero-order valence-electron chi connectivity index (χ0n) is 17.5. The van der Waals surface area contributed by atoms with Gasteiger partial charge in [0.25, 0.3) is 11.6 Å². The standard InChI is InChI=1S/C22H24ClFN4O4/c1-14(26-22(30)15-6-4-7-16(12-15)28(31)32)21(29)25-13-19(27-10-2-3-11-27)20-17(23)8-5-9-18(20)24/h4-9,12,14,19H,2-3,10-11,13H2,1H3,(H,25,29)(H,26,30). The number of nitro groups is 1. The highest BCUT2D eigenvalue weighted by atomic mass is 35.5. The third-order valence-electron chi connectivity index (χ3n) is 5.44. The number of nitrogens with zero attached hydrogens (tertiary/aromatic N) is 2. The van der Waals surface area contributed by atoms with Gasteiger partial charge in [-0.05, 0) is 51.1 Å². The molecule has 1 fully saturated rings. The molecule has 1 aliphatic rings. The SMILES string of the molecule is CC(NC(=O)c1cccc([N+](=O)[O-])c1)C(=O)NCC(c1c(F)cccc1Cl)N1CCCC1. The predicted molar refractivity (Wildman–Crippen MR) is 118 cm³/mol. The van der Waals surface area contributed by atoms with Gasteiger partial charge in [0.15, 0.2) is 0 Å². The molecule has 0 aromatic heterocycles. The topological polar surface area (TPSA) is 105 Å². The van der Waals surface area contributed by atoms with Gasteiger partial charge in [-0.3, -0.25) is 24.6 Å². The molecule has 32 heavy (non-hydrogen) atoms. The highest BCUT2D eigenvalue weighted by molar-refractivity contribution is 6.31. The Bertz CT molecular complexity index is 993. The molecule has 0 spiro atoms. The summed E-state index contributed by atoms with van der Waals surface area (Å²) in [5.41, 5.74) is 0.196. The molecule has 10 heteroatoms. The molecule has 3 rings (SSSR count). The van der Waals surface area contributed by atoms with Crippen molar-refractivity contribution < 1.29 is 18.9 Å². The maximum absolute atomic E-state index is 14.6. The number of hydrogen-bond donors (Lipinski definition) is 2. The Morgan fingerprint density at radius 1 is 1.22 bits per heavy atom. The van der Waals surface area contributed by atoms with Gasteiger partial charge in [-0.1, -0.05) is 23.7 Å². The van der Waals surface area contributed by atoms with Crippen molar-refractivity contribution >= 4 is 29.1 Å². The van der Waals surface area contributed by atoms with E-state index >= 15 is 0 Å². The van der Waals surface area contributed by atoms with Gasteiger partial charge in [-0.15, -0.1) is 0 Å². The lowest BCUT2D eigenvalue weighted by Gasteiger charge is -2.29. The maximum Gasteiger partial charge on any atom is 0.270 e. The van der Waals surface area contributed by atoms with E-state index in [1.54, 1.807) is 6.07 Å². The van der Waals surface area contributed by atoms with Crippen molar-refractivity contribution in [3.05, 3.63) is 74.5 Å². The van der Waals surface area contributed by atoms with Gasteiger partial charge in [-0.2, -0.15) is 0 Å². The van der Waals surface area contributed by atoms with E-state index < -0.39 is 34.6 Å². The fourth-order valence-electron chi connectivity index (χ4n) is 3.75. The zero-order chi connectivity index (χ0) is 23.3. The molecule has 0 aliphatic carbocycles. The summed E-state index contributed by atoms with van der Waals surface area (Å²) < 4.78 is 14.6. The van der Waals surface area contributed by atoms with Crippen LogP contribution in [0.2, 0.25) is 5.02 Å². The minimum absolute atomic E-state index is 0.0759. The fraction of sp³-hybridized carbons (Fsp3) is 0.364. The molecule has 2 N–H and O–H groups in total. The number of halogens is 2. The lowest BCUT2D eigenvalue weighted by molar-refractivity contribution is -0.384. The Labute approximate surface area is 189 Å². The summed E-state index contributed by atoms with van der Waals surface area (Å²) in [5.74, 6) is -1.50. The highest BCUT2D eigenvalue weighted by Gasteiger charge is 2.29. The second kappa shape index (κ2) is 10.5. The quantitative estimate of drug-likeness (QED) is 0.461. The summed E-state index contributed by atoms with van der Waals surface area (Å²) in [6.07, 6.45) is 1.96. The summed E-state index contributed by atoms with van der Waals surface area (Å²) in [6.45, 7) is 3.16. The third kappa shape index (κ3) is 5.60. The first-order valence-corrected chi connectivity index (χ1v) is 10.7. The second-order valence-corrected chi connectivity index (χ2v) is 8.05. The fourth-order valence-corrected chi connectivity index (χ4v) is 4.04. The second-order valence-electron chi connectivity index (χ2n) is 7.64. The van der Waals surface area contributed by atoms with Crippen LogP contribution in [-0.2, 0) is 4.79 Å². The molecule has 0 bridgehead atoms. The number of nitro benzene ring substituents is 1. The smallest absolute Gasteiger partial charge is 0.270 e. The first-order chi connectivity index (χ1) is 15.3. The van der Waals surface area contributed by atoms with Crippen molar-refractivity contribution in [3.8, 4) is 0 Å². The largest absolute Gasteiger partial charge is 0.352 e. The van der Waals surface area contributed by atoms with Crippen LogP contribution in [0.3, 0.4) is 0 Å². The van der Waals surface area contributed by atoms with Crippen LogP contribution in [0.25, 0.3) is 0 Å². The van der Waals surface area contributed by atoms with Gasteiger partial charge in [0.05, 0.1) is 11.0 Å². The molecular formula is C22H24ClFN4O4. The Balaban J connectivity index is 1.66. The zero-order valence-corrected chi connectivity index (χ0v) is 18.3. The average molecular weight is 463 g/mol. The number of amides is 2. The molecule has 2 amide bonds. The van der Waals surface area contributed by atoms with Crippen molar-refractivity contribution in [2.24, 2.45) is 0 Å². The van der Waals surface area contributed by atoms with E-state index in [1.165, 1.54) is 37.3 Å². The van der Waals surface area contributed by atoms with Crippen molar-refractivity contribution in [1.29, 1.82) is 0 Å². The first kappa shape index (κ1) is 23.6. The van der Waals surface area contributed by atoms with Crippen molar-refractivity contribution in [1.82, 2.24) is 15.5 Å². The number of non-ortho nitro benzene ring substituents is 1. The number of nitrogens with one attached hydrogen (secondary N) is 2. The van der Waals surface area contributed by atoms with Gasteiger partial charge in [0.2, 0.25) is 5.91 Å². The van der Waals surface area contributed by atoms with E-state index in [1.807, 2.05) is 0 Å². The average Bonchev–Trinajstić information content (AvgIpc) is 3.30.